The molecular weight excluding hydrogens is 324 g/mol. The molecule has 0 unspecified atom stereocenters. The zero-order valence-electron chi connectivity index (χ0n) is 12.5. The Morgan fingerprint density at radius 3 is 2.09 bits per heavy atom. The molecule has 2 aliphatic heterocycles. The van der Waals surface area contributed by atoms with Crippen molar-refractivity contribution in [3.63, 3.8) is 0 Å². The summed E-state index contributed by atoms with van der Waals surface area (Å²) in [6.07, 6.45) is 1.91. The standard InChI is InChI=1S/C15H20N2O3S.ClH/c1-21(19,20)15(6-8-16-9-7-15)14(18)17-10-12-4-2-3-5-13(12)11-17;/h2-5,16H,6-11H2,1H3;1H. The molecule has 0 aromatic heterocycles. The molecule has 3 rings (SSSR count). The van der Waals surface area contributed by atoms with E-state index in [0.717, 1.165) is 11.1 Å². The molecule has 1 fully saturated rings. The number of piperidine rings is 1. The second kappa shape index (κ2) is 6.18. The van der Waals surface area contributed by atoms with Crippen molar-refractivity contribution in [1.82, 2.24) is 10.2 Å². The van der Waals surface area contributed by atoms with Gasteiger partial charge in [0.15, 0.2) is 14.6 Å². The van der Waals surface area contributed by atoms with Gasteiger partial charge in [0.25, 0.3) is 0 Å². The van der Waals surface area contributed by atoms with Gasteiger partial charge in [-0.2, -0.15) is 0 Å². The van der Waals surface area contributed by atoms with Crippen LogP contribution in [0.4, 0.5) is 0 Å². The Morgan fingerprint density at radius 2 is 1.64 bits per heavy atom. The van der Waals surface area contributed by atoms with Crippen molar-refractivity contribution in [3.8, 4) is 0 Å². The summed E-state index contributed by atoms with van der Waals surface area (Å²) >= 11 is 0. The third-order valence-corrected chi connectivity index (χ3v) is 6.64. The maximum Gasteiger partial charge on any atom is 0.244 e. The van der Waals surface area contributed by atoms with Gasteiger partial charge in [-0.3, -0.25) is 4.79 Å². The van der Waals surface area contributed by atoms with Crippen molar-refractivity contribution in [2.24, 2.45) is 0 Å². The van der Waals surface area contributed by atoms with Crippen LogP contribution in [-0.4, -0.2) is 43.3 Å². The third kappa shape index (κ3) is 2.75. The first kappa shape index (κ1) is 17.2. The van der Waals surface area contributed by atoms with E-state index in [1.165, 1.54) is 6.26 Å². The number of nitrogens with one attached hydrogen (secondary N) is 1. The lowest BCUT2D eigenvalue weighted by molar-refractivity contribution is -0.135. The lowest BCUT2D eigenvalue weighted by Crippen LogP contribution is -2.57. The Labute approximate surface area is 137 Å². The molecule has 122 valence electrons. The number of hydrogen-bond acceptors (Lipinski definition) is 4. The summed E-state index contributed by atoms with van der Waals surface area (Å²) in [5, 5.41) is 3.14. The van der Waals surface area contributed by atoms with E-state index < -0.39 is 14.6 Å². The summed E-state index contributed by atoms with van der Waals surface area (Å²) in [5.74, 6) is -0.234. The fraction of sp³-hybridized carbons (Fsp3) is 0.533. The van der Waals surface area contributed by atoms with Gasteiger partial charge in [-0.05, 0) is 37.1 Å². The number of fused-ring (bicyclic) bond motifs is 1. The smallest absolute Gasteiger partial charge is 0.244 e. The van der Waals surface area contributed by atoms with Crippen LogP contribution in [0.5, 0.6) is 0 Å². The number of carbonyl (C=O) groups is 1. The number of benzene rings is 1. The first-order valence-electron chi connectivity index (χ1n) is 7.20. The van der Waals surface area contributed by atoms with E-state index in [1.807, 2.05) is 24.3 Å². The molecule has 1 aromatic carbocycles. The van der Waals surface area contributed by atoms with Crippen molar-refractivity contribution < 1.29 is 13.2 Å². The number of sulfone groups is 1. The maximum absolute atomic E-state index is 13.0. The Balaban J connectivity index is 0.00000176. The second-order valence-corrected chi connectivity index (χ2v) is 8.27. The SMILES string of the molecule is CS(=O)(=O)C1(C(=O)N2Cc3ccccc3C2)CCNCC1.Cl. The van der Waals surface area contributed by atoms with Crippen LogP contribution in [0.3, 0.4) is 0 Å². The van der Waals surface area contributed by atoms with Crippen LogP contribution in [0, 0.1) is 0 Å². The predicted molar refractivity (Wildman–Crippen MR) is 87.6 cm³/mol. The Hall–Kier alpha value is -1.11. The molecule has 0 aliphatic carbocycles. The molecule has 22 heavy (non-hydrogen) atoms. The highest BCUT2D eigenvalue weighted by Crippen LogP contribution is 2.33. The lowest BCUT2D eigenvalue weighted by Gasteiger charge is -2.37. The van der Waals surface area contributed by atoms with E-state index >= 15 is 0 Å². The summed E-state index contributed by atoms with van der Waals surface area (Å²) in [4.78, 5) is 14.6. The lowest BCUT2D eigenvalue weighted by atomic mass is 9.95. The first-order chi connectivity index (χ1) is 9.94. The molecule has 2 heterocycles. The number of carbonyl (C=O) groups excluding carboxylic acids is 1. The molecule has 0 atom stereocenters. The summed E-state index contributed by atoms with van der Waals surface area (Å²) < 4.78 is 23.4. The number of rotatable bonds is 2. The highest BCUT2D eigenvalue weighted by Gasteiger charge is 2.51. The topological polar surface area (TPSA) is 66.5 Å². The normalized spacial score (nSPS) is 20.1. The van der Waals surface area contributed by atoms with Gasteiger partial charge in [-0.15, -0.1) is 12.4 Å². The molecular formula is C15H21ClN2O3S. The summed E-state index contributed by atoms with van der Waals surface area (Å²) in [6, 6.07) is 7.89. The molecule has 1 saturated heterocycles. The molecule has 1 N–H and O–H groups in total. The minimum Gasteiger partial charge on any atom is -0.333 e. The van der Waals surface area contributed by atoms with E-state index in [0.29, 0.717) is 39.0 Å². The summed E-state index contributed by atoms with van der Waals surface area (Å²) in [5.41, 5.74) is 2.23. The Kier molecular flexibility index (Phi) is 4.84. The maximum atomic E-state index is 13.0. The van der Waals surface area contributed by atoms with Gasteiger partial charge in [0.1, 0.15) is 0 Å². The third-order valence-electron chi connectivity index (χ3n) is 4.64. The van der Waals surface area contributed by atoms with Crippen molar-refractivity contribution in [2.75, 3.05) is 19.3 Å². The molecule has 0 bridgehead atoms. The van der Waals surface area contributed by atoms with Gasteiger partial charge in [0.05, 0.1) is 0 Å². The number of hydrogen-bond donors (Lipinski definition) is 1. The molecule has 5 nitrogen and oxygen atoms in total. The van der Waals surface area contributed by atoms with E-state index in [9.17, 15) is 13.2 Å². The minimum atomic E-state index is -3.44. The fourth-order valence-electron chi connectivity index (χ4n) is 3.34. The second-order valence-electron chi connectivity index (χ2n) is 5.95. The van der Waals surface area contributed by atoms with E-state index in [2.05, 4.69) is 5.32 Å². The first-order valence-corrected chi connectivity index (χ1v) is 9.10. The van der Waals surface area contributed by atoms with Gasteiger partial charge in [-0.1, -0.05) is 24.3 Å². The van der Waals surface area contributed by atoms with Crippen LogP contribution >= 0.6 is 12.4 Å². The zero-order valence-corrected chi connectivity index (χ0v) is 14.2. The largest absolute Gasteiger partial charge is 0.333 e. The molecule has 0 saturated carbocycles. The monoisotopic (exact) mass is 344 g/mol. The Bertz CT molecular complexity index is 644. The average molecular weight is 345 g/mol. The van der Waals surface area contributed by atoms with Gasteiger partial charge in [0.2, 0.25) is 5.91 Å². The number of halogens is 1. The summed E-state index contributed by atoms with van der Waals surface area (Å²) in [7, 11) is -3.44. The molecule has 0 radical (unpaired) electrons. The van der Waals surface area contributed by atoms with Crippen molar-refractivity contribution >= 4 is 28.2 Å². The van der Waals surface area contributed by atoms with E-state index in [1.54, 1.807) is 4.90 Å². The molecule has 1 aromatic rings. The van der Waals surface area contributed by atoms with Crippen LogP contribution in [0.25, 0.3) is 0 Å². The van der Waals surface area contributed by atoms with Gasteiger partial charge < -0.3 is 10.2 Å². The van der Waals surface area contributed by atoms with Gasteiger partial charge in [-0.25, -0.2) is 8.42 Å². The van der Waals surface area contributed by atoms with Crippen LogP contribution in [-0.2, 0) is 27.7 Å². The zero-order chi connectivity index (χ0) is 15.1. The van der Waals surface area contributed by atoms with Crippen molar-refractivity contribution in [3.05, 3.63) is 35.4 Å². The fourth-order valence-corrected chi connectivity index (χ4v) is 4.73. The van der Waals surface area contributed by atoms with Crippen LogP contribution < -0.4 is 5.32 Å². The van der Waals surface area contributed by atoms with Crippen LogP contribution in [0.15, 0.2) is 24.3 Å². The number of nitrogens with zero attached hydrogens (tertiary/aromatic N) is 1. The molecule has 2 aliphatic rings. The average Bonchev–Trinajstić information content (AvgIpc) is 2.90. The molecule has 7 heteroatoms. The summed E-state index contributed by atoms with van der Waals surface area (Å²) in [6.45, 7) is 2.17. The van der Waals surface area contributed by atoms with E-state index in [-0.39, 0.29) is 18.3 Å². The van der Waals surface area contributed by atoms with Crippen LogP contribution in [0.2, 0.25) is 0 Å². The predicted octanol–water partition coefficient (Wildman–Crippen LogP) is 1.12. The van der Waals surface area contributed by atoms with Crippen molar-refractivity contribution in [2.45, 2.75) is 30.7 Å². The quantitative estimate of drug-likeness (QED) is 0.873. The highest BCUT2D eigenvalue weighted by atomic mass is 35.5. The minimum absolute atomic E-state index is 0. The Morgan fingerprint density at radius 1 is 1.14 bits per heavy atom. The van der Waals surface area contributed by atoms with Gasteiger partial charge in [0, 0.05) is 19.3 Å². The highest BCUT2D eigenvalue weighted by molar-refractivity contribution is 7.92. The number of amides is 1. The van der Waals surface area contributed by atoms with E-state index in [4.69, 9.17) is 0 Å². The molecule has 1 amide bonds. The molecule has 0 spiro atoms. The van der Waals surface area contributed by atoms with Crippen LogP contribution in [0.1, 0.15) is 24.0 Å². The van der Waals surface area contributed by atoms with Crippen molar-refractivity contribution in [1.29, 1.82) is 0 Å². The van der Waals surface area contributed by atoms with Gasteiger partial charge >= 0.3 is 0 Å².